The van der Waals surface area contributed by atoms with Gasteiger partial charge in [-0.15, -0.1) is 0 Å². The van der Waals surface area contributed by atoms with Crippen LogP contribution >= 0.6 is 0 Å². The van der Waals surface area contributed by atoms with Gasteiger partial charge >= 0.3 is 16.8 Å². The van der Waals surface area contributed by atoms with Gasteiger partial charge in [0, 0.05) is 12.1 Å². The van der Waals surface area contributed by atoms with Crippen LogP contribution < -0.4 is 33.1 Å². The number of hydrogen-bond donors (Lipinski definition) is 4. The fourth-order valence-electron chi connectivity index (χ4n) is 1.25. The number of nitrogens with two attached hydrogens (primary N) is 4. The van der Waals surface area contributed by atoms with Crippen molar-refractivity contribution in [1.29, 1.82) is 0 Å². The number of unbranched alkanes of at least 4 members (excludes halogenated alkanes) is 2. The summed E-state index contributed by atoms with van der Waals surface area (Å²) in [6.45, 7) is 1.17. The van der Waals surface area contributed by atoms with Gasteiger partial charge in [0.15, 0.2) is 0 Å². The molecule has 0 bridgehead atoms. The number of carboxylic acids is 2. The molecule has 0 aromatic heterocycles. The van der Waals surface area contributed by atoms with Crippen LogP contribution in [0.15, 0.2) is 0 Å². The molecule has 0 aliphatic carbocycles. The minimum Gasteiger partial charge on any atom is -0.548 e. The maximum Gasteiger partial charge on any atom is 2.00 e. The van der Waals surface area contributed by atoms with Crippen LogP contribution in [0.1, 0.15) is 38.5 Å². The number of carbonyl (C=O) groups excluding carboxylic acids is 2. The molecule has 0 fully saturated rings. The van der Waals surface area contributed by atoms with E-state index in [-0.39, 0.29) is 16.8 Å². The molecular weight excluding hydrogens is 323 g/mol. The molecule has 127 valence electrons. The van der Waals surface area contributed by atoms with Crippen LogP contribution in [0.2, 0.25) is 0 Å². The summed E-state index contributed by atoms with van der Waals surface area (Å²) in [7, 11) is 0. The van der Waals surface area contributed by atoms with Crippen molar-refractivity contribution < 1.29 is 36.6 Å². The Morgan fingerprint density at radius 2 is 1.05 bits per heavy atom. The molecule has 0 aromatic rings. The van der Waals surface area contributed by atoms with Gasteiger partial charge in [-0.3, -0.25) is 0 Å². The van der Waals surface area contributed by atoms with Crippen LogP contribution in [0, 0.1) is 0 Å². The van der Waals surface area contributed by atoms with Crippen molar-refractivity contribution in [3.63, 3.8) is 0 Å². The van der Waals surface area contributed by atoms with E-state index in [1.54, 1.807) is 0 Å². The topological polar surface area (TPSA) is 184 Å². The van der Waals surface area contributed by atoms with Crippen molar-refractivity contribution in [3.8, 4) is 0 Å². The molecule has 0 aliphatic rings. The minimum atomic E-state index is -1.18. The van der Waals surface area contributed by atoms with Gasteiger partial charge in [-0.25, -0.2) is 0 Å². The molecule has 8 N–H and O–H groups in total. The van der Waals surface area contributed by atoms with E-state index in [0.717, 1.165) is 25.7 Å². The van der Waals surface area contributed by atoms with E-state index in [2.05, 4.69) is 0 Å². The molecule has 0 amide bonds. The third kappa shape index (κ3) is 19.3. The number of carboxylic acid groups (broad SMARTS) is 2. The summed E-state index contributed by atoms with van der Waals surface area (Å²) in [6.07, 6.45) is 4.07. The predicted octanol–water partition coefficient (Wildman–Crippen LogP) is -3.62. The van der Waals surface area contributed by atoms with Crippen molar-refractivity contribution in [3.05, 3.63) is 0 Å². The van der Waals surface area contributed by atoms with E-state index in [1.165, 1.54) is 0 Å². The Bertz CT molecular complexity index is 244. The molecule has 21 heavy (non-hydrogen) atoms. The van der Waals surface area contributed by atoms with Crippen molar-refractivity contribution in [2.75, 3.05) is 13.1 Å². The molecule has 0 rings (SSSR count). The molecule has 9 heteroatoms. The standard InChI is InChI=1S/2C6H14N2O2.Co/c2*7-4-2-1-3-5(8)6(9)10;/h2*5H,1-4,7-8H2,(H,9,10);/q;;+2/p-2. The smallest absolute Gasteiger partial charge is 0.548 e. The van der Waals surface area contributed by atoms with Crippen LogP contribution in [0.5, 0.6) is 0 Å². The van der Waals surface area contributed by atoms with Gasteiger partial charge in [0.1, 0.15) is 0 Å². The summed E-state index contributed by atoms with van der Waals surface area (Å²) in [6, 6.07) is -1.65. The zero-order chi connectivity index (χ0) is 16.0. The molecule has 0 aromatic carbocycles. The zero-order valence-corrected chi connectivity index (χ0v) is 13.1. The quantitative estimate of drug-likeness (QED) is 0.291. The summed E-state index contributed by atoms with van der Waals surface area (Å²) in [5.74, 6) is -2.37. The van der Waals surface area contributed by atoms with Gasteiger partial charge in [0.2, 0.25) is 0 Å². The Hall–Kier alpha value is -0.714. The fourth-order valence-corrected chi connectivity index (χ4v) is 1.25. The van der Waals surface area contributed by atoms with Crippen LogP contribution in [0.25, 0.3) is 0 Å². The SMILES string of the molecule is NCCCCC(N)C(=O)[O-].NCCCCC(N)C(=O)[O-].[Co+2]. The molecule has 0 spiro atoms. The average Bonchev–Trinajstić information content (AvgIpc) is 2.39. The Morgan fingerprint density at radius 3 is 1.24 bits per heavy atom. The van der Waals surface area contributed by atoms with Crippen molar-refractivity contribution >= 4 is 11.9 Å². The van der Waals surface area contributed by atoms with Crippen molar-refractivity contribution in [2.24, 2.45) is 22.9 Å². The molecule has 2 atom stereocenters. The van der Waals surface area contributed by atoms with E-state index in [0.29, 0.717) is 25.9 Å². The van der Waals surface area contributed by atoms with E-state index < -0.39 is 24.0 Å². The van der Waals surface area contributed by atoms with Gasteiger partial charge in [-0.1, -0.05) is 12.8 Å². The molecule has 1 radical (unpaired) electrons. The molecule has 0 heterocycles. The van der Waals surface area contributed by atoms with Gasteiger partial charge in [0.25, 0.3) is 0 Å². The third-order valence-corrected chi connectivity index (χ3v) is 2.54. The molecular formula is C12H26CoN4O4. The van der Waals surface area contributed by atoms with Crippen molar-refractivity contribution in [1.82, 2.24) is 0 Å². The maximum absolute atomic E-state index is 10.0. The second-order valence-corrected chi connectivity index (χ2v) is 4.42. The van der Waals surface area contributed by atoms with Gasteiger partial charge in [-0.05, 0) is 38.8 Å². The Kier molecular flexibility index (Phi) is 20.8. The first-order valence-corrected chi connectivity index (χ1v) is 6.69. The Balaban J connectivity index is -0.000000295. The van der Waals surface area contributed by atoms with Crippen LogP contribution in [-0.2, 0) is 26.4 Å². The molecule has 2 unspecified atom stereocenters. The molecule has 0 saturated heterocycles. The molecule has 8 nitrogen and oxygen atoms in total. The number of aliphatic carboxylic acids is 2. The van der Waals surface area contributed by atoms with Crippen LogP contribution in [0.4, 0.5) is 0 Å². The monoisotopic (exact) mass is 349 g/mol. The van der Waals surface area contributed by atoms with Gasteiger partial charge < -0.3 is 42.7 Å². The average molecular weight is 349 g/mol. The first-order valence-electron chi connectivity index (χ1n) is 6.69. The predicted molar refractivity (Wildman–Crippen MR) is 71.8 cm³/mol. The summed E-state index contributed by atoms with van der Waals surface area (Å²) in [5.41, 5.74) is 20.7. The molecule has 0 aliphatic heterocycles. The summed E-state index contributed by atoms with van der Waals surface area (Å²) in [4.78, 5) is 20.1. The summed E-state index contributed by atoms with van der Waals surface area (Å²) >= 11 is 0. The minimum absolute atomic E-state index is 0. The molecule has 0 saturated carbocycles. The maximum atomic E-state index is 10.0. The fraction of sp³-hybridized carbons (Fsp3) is 0.833. The van der Waals surface area contributed by atoms with E-state index >= 15 is 0 Å². The Labute approximate surface area is 135 Å². The van der Waals surface area contributed by atoms with Crippen LogP contribution in [-0.4, -0.2) is 37.1 Å². The number of hydrogen-bond acceptors (Lipinski definition) is 8. The van der Waals surface area contributed by atoms with Gasteiger partial charge in [0.05, 0.1) is 11.9 Å². The third-order valence-electron chi connectivity index (χ3n) is 2.54. The zero-order valence-electron chi connectivity index (χ0n) is 12.1. The normalized spacial score (nSPS) is 12.4. The second-order valence-electron chi connectivity index (χ2n) is 4.42. The first-order chi connectivity index (χ1) is 9.36. The van der Waals surface area contributed by atoms with E-state index in [4.69, 9.17) is 22.9 Å². The number of carbonyl (C=O) groups is 2. The summed E-state index contributed by atoms with van der Waals surface area (Å²) in [5, 5.41) is 20.1. The van der Waals surface area contributed by atoms with Gasteiger partial charge in [-0.2, -0.15) is 0 Å². The number of rotatable bonds is 10. The summed E-state index contributed by atoms with van der Waals surface area (Å²) < 4.78 is 0. The van der Waals surface area contributed by atoms with Crippen LogP contribution in [0.3, 0.4) is 0 Å². The van der Waals surface area contributed by atoms with E-state index in [1.807, 2.05) is 0 Å². The van der Waals surface area contributed by atoms with E-state index in [9.17, 15) is 19.8 Å². The first kappa shape index (κ1) is 25.3. The van der Waals surface area contributed by atoms with Crippen molar-refractivity contribution in [2.45, 2.75) is 50.6 Å². The second kappa shape index (κ2) is 17.3. The Morgan fingerprint density at radius 1 is 0.762 bits per heavy atom. The largest absolute Gasteiger partial charge is 2.00 e.